The summed E-state index contributed by atoms with van der Waals surface area (Å²) in [5, 5.41) is 6.75. The molecule has 0 aliphatic carbocycles. The summed E-state index contributed by atoms with van der Waals surface area (Å²) < 4.78 is 0. The molecule has 5 aromatic rings. The van der Waals surface area contributed by atoms with Crippen LogP contribution < -0.4 is 10.6 Å². The fourth-order valence-corrected chi connectivity index (χ4v) is 6.44. The second-order valence-electron chi connectivity index (χ2n) is 12.3. The van der Waals surface area contributed by atoms with Crippen LogP contribution in [0.5, 0.6) is 0 Å². The second kappa shape index (κ2) is 12.6. The molecule has 2 aliphatic rings. The van der Waals surface area contributed by atoms with Crippen molar-refractivity contribution >= 4 is 11.9 Å². The van der Waals surface area contributed by atoms with Gasteiger partial charge >= 0.3 is 0 Å². The first-order chi connectivity index (χ1) is 22.0. The van der Waals surface area contributed by atoms with Crippen LogP contribution in [0.25, 0.3) is 33.6 Å². The molecule has 7 rings (SSSR count). The van der Waals surface area contributed by atoms with Gasteiger partial charge in [0, 0.05) is 18.9 Å². The number of rotatable bonds is 9. The molecule has 45 heavy (non-hydrogen) atoms. The van der Waals surface area contributed by atoms with Crippen molar-refractivity contribution in [1.29, 1.82) is 0 Å². The van der Waals surface area contributed by atoms with E-state index in [-0.39, 0.29) is 17.9 Å². The summed E-state index contributed by atoms with van der Waals surface area (Å²) in [5.41, 5.74) is 6.46. The summed E-state index contributed by atoms with van der Waals surface area (Å²) in [6, 6.07) is 18.7. The zero-order valence-electron chi connectivity index (χ0n) is 25.7. The number of aromatic nitrogens is 6. The summed E-state index contributed by atoms with van der Waals surface area (Å²) in [6.45, 7) is 5.83. The van der Waals surface area contributed by atoms with Crippen molar-refractivity contribution in [3.8, 4) is 33.6 Å². The van der Waals surface area contributed by atoms with Crippen LogP contribution in [0, 0.1) is 5.92 Å². The minimum Gasteiger partial charge on any atom is -0.342 e. The summed E-state index contributed by atoms with van der Waals surface area (Å²) >= 11 is 0. The molecule has 10 nitrogen and oxygen atoms in total. The number of amides is 1. The van der Waals surface area contributed by atoms with Crippen molar-refractivity contribution in [2.45, 2.75) is 57.7 Å². The number of imidazole rings is 2. The van der Waals surface area contributed by atoms with Crippen LogP contribution in [0.1, 0.15) is 63.3 Å². The van der Waals surface area contributed by atoms with E-state index in [2.05, 4.69) is 84.1 Å². The largest absolute Gasteiger partial charge is 0.342 e. The molecule has 3 aromatic heterocycles. The first kappa shape index (κ1) is 28.9. The van der Waals surface area contributed by atoms with Crippen molar-refractivity contribution < 1.29 is 4.79 Å². The lowest BCUT2D eigenvalue weighted by molar-refractivity contribution is -0.134. The number of nitrogens with zero attached hydrogens (tertiary/aromatic N) is 5. The molecule has 2 aliphatic heterocycles. The van der Waals surface area contributed by atoms with Gasteiger partial charge in [0.05, 0.1) is 35.9 Å². The first-order valence-corrected chi connectivity index (χ1v) is 15.9. The van der Waals surface area contributed by atoms with Gasteiger partial charge in [-0.05, 0) is 66.5 Å². The number of carbonyl (C=O) groups excluding carboxylic acids is 1. The number of carbonyl (C=O) groups is 1. The molecular weight excluding hydrogens is 562 g/mol. The number of benzene rings is 2. The monoisotopic (exact) mass is 601 g/mol. The third-order valence-corrected chi connectivity index (χ3v) is 8.94. The van der Waals surface area contributed by atoms with Crippen molar-refractivity contribution in [3.63, 3.8) is 0 Å². The summed E-state index contributed by atoms with van der Waals surface area (Å²) in [6.07, 6.45) is 11.3. The molecule has 0 bridgehead atoms. The zero-order valence-corrected chi connectivity index (χ0v) is 25.7. The summed E-state index contributed by atoms with van der Waals surface area (Å²) in [4.78, 5) is 40.6. The van der Waals surface area contributed by atoms with E-state index in [4.69, 9.17) is 4.98 Å². The van der Waals surface area contributed by atoms with Crippen LogP contribution in [-0.4, -0.2) is 59.8 Å². The molecule has 2 aromatic carbocycles. The molecule has 5 heterocycles. The maximum atomic E-state index is 13.7. The van der Waals surface area contributed by atoms with Crippen molar-refractivity contribution in [1.82, 2.24) is 40.1 Å². The standard InChI is InChI=1S/C35H39N9O/c1-22(2)31(43-35-37-17-5-18-38-35)34(45)44-19-4-7-30(44)33-40-21-29(42-33)26-14-10-24(11-15-26)23-8-12-25(13-9-23)28-20-39-32(41-28)27-6-3-16-36-27/h5,8-15,17-18,20-22,27,30-31,36H,3-4,6-7,16,19H2,1-2H3,(H,39,41)(H,40,42)(H,37,38,43)/t27?,30-,31+/m0/s1. The Morgan fingerprint density at radius 2 is 1.40 bits per heavy atom. The molecule has 0 spiro atoms. The van der Waals surface area contributed by atoms with E-state index in [0.29, 0.717) is 18.5 Å². The maximum Gasteiger partial charge on any atom is 0.246 e. The molecule has 0 radical (unpaired) electrons. The number of likely N-dealkylation sites (tertiary alicyclic amines) is 1. The molecule has 2 saturated heterocycles. The van der Waals surface area contributed by atoms with E-state index >= 15 is 0 Å². The third-order valence-electron chi connectivity index (χ3n) is 8.94. The molecule has 2 fully saturated rings. The van der Waals surface area contributed by atoms with Crippen LogP contribution in [0.2, 0.25) is 0 Å². The Balaban J connectivity index is 1.03. The fourth-order valence-electron chi connectivity index (χ4n) is 6.44. The molecule has 3 atom stereocenters. The summed E-state index contributed by atoms with van der Waals surface area (Å²) in [5.74, 6) is 2.42. The molecule has 1 amide bonds. The van der Waals surface area contributed by atoms with E-state index in [9.17, 15) is 4.79 Å². The van der Waals surface area contributed by atoms with Crippen molar-refractivity contribution in [3.05, 3.63) is 91.0 Å². The Kier molecular flexibility index (Phi) is 8.13. The summed E-state index contributed by atoms with van der Waals surface area (Å²) in [7, 11) is 0. The average molecular weight is 602 g/mol. The number of nitrogens with one attached hydrogen (secondary N) is 4. The topological polar surface area (TPSA) is 128 Å². The van der Waals surface area contributed by atoms with Gasteiger partial charge in [-0.1, -0.05) is 62.4 Å². The van der Waals surface area contributed by atoms with Gasteiger partial charge in [-0.25, -0.2) is 19.9 Å². The molecule has 0 saturated carbocycles. The Morgan fingerprint density at radius 1 is 0.800 bits per heavy atom. The van der Waals surface area contributed by atoms with Gasteiger partial charge in [0.1, 0.15) is 17.7 Å². The predicted octanol–water partition coefficient (Wildman–Crippen LogP) is 6.15. The van der Waals surface area contributed by atoms with Crippen LogP contribution in [0.15, 0.2) is 79.4 Å². The third kappa shape index (κ3) is 6.10. The van der Waals surface area contributed by atoms with Crippen LogP contribution in [-0.2, 0) is 4.79 Å². The second-order valence-corrected chi connectivity index (χ2v) is 12.3. The van der Waals surface area contributed by atoms with Gasteiger partial charge < -0.3 is 25.5 Å². The van der Waals surface area contributed by atoms with Crippen LogP contribution in [0.3, 0.4) is 0 Å². The average Bonchev–Trinajstić information content (AvgIpc) is 3.91. The normalized spacial score (nSPS) is 18.9. The lowest BCUT2D eigenvalue weighted by Crippen LogP contribution is -2.45. The molecule has 4 N–H and O–H groups in total. The Labute approximate surface area is 263 Å². The minimum atomic E-state index is -0.421. The Bertz CT molecular complexity index is 1720. The van der Waals surface area contributed by atoms with Gasteiger partial charge in [-0.15, -0.1) is 0 Å². The Morgan fingerprint density at radius 3 is 2.00 bits per heavy atom. The van der Waals surface area contributed by atoms with E-state index < -0.39 is 6.04 Å². The highest BCUT2D eigenvalue weighted by atomic mass is 16.2. The molecule has 1 unspecified atom stereocenters. The van der Waals surface area contributed by atoms with Gasteiger partial charge in [-0.3, -0.25) is 4.79 Å². The molecule has 10 heteroatoms. The maximum absolute atomic E-state index is 13.7. The highest BCUT2D eigenvalue weighted by molar-refractivity contribution is 5.85. The number of anilines is 1. The predicted molar refractivity (Wildman–Crippen MR) is 175 cm³/mol. The molecular formula is C35H39N9O. The Hall–Kier alpha value is -4.83. The minimum absolute atomic E-state index is 0.0482. The highest BCUT2D eigenvalue weighted by Crippen LogP contribution is 2.34. The first-order valence-electron chi connectivity index (χ1n) is 15.9. The number of aromatic amines is 2. The van der Waals surface area contributed by atoms with E-state index in [0.717, 1.165) is 71.1 Å². The van der Waals surface area contributed by atoms with E-state index in [1.165, 1.54) is 6.42 Å². The lowest BCUT2D eigenvalue weighted by atomic mass is 10.0. The van der Waals surface area contributed by atoms with E-state index in [1.807, 2.05) is 31.1 Å². The van der Waals surface area contributed by atoms with Crippen LogP contribution in [0.4, 0.5) is 5.95 Å². The fraction of sp³-hybridized carbons (Fsp3) is 0.343. The SMILES string of the molecule is CC(C)[C@@H](Nc1ncccn1)C(=O)N1CCC[C@H]1c1ncc(-c2ccc(-c3ccc(-c4cnc(C5CCCN5)[nH]4)cc3)cc2)[nH]1. The van der Waals surface area contributed by atoms with Crippen molar-refractivity contribution in [2.75, 3.05) is 18.4 Å². The zero-order chi connectivity index (χ0) is 30.8. The molecule has 230 valence electrons. The number of hydrogen-bond donors (Lipinski definition) is 4. The van der Waals surface area contributed by atoms with Gasteiger partial charge in [0.25, 0.3) is 0 Å². The van der Waals surface area contributed by atoms with Gasteiger partial charge in [-0.2, -0.15) is 0 Å². The number of H-pyrrole nitrogens is 2. The smallest absolute Gasteiger partial charge is 0.246 e. The lowest BCUT2D eigenvalue weighted by Gasteiger charge is -2.30. The van der Waals surface area contributed by atoms with Gasteiger partial charge in [0.2, 0.25) is 11.9 Å². The number of hydrogen-bond acceptors (Lipinski definition) is 7. The van der Waals surface area contributed by atoms with Gasteiger partial charge in [0.15, 0.2) is 0 Å². The highest BCUT2D eigenvalue weighted by Gasteiger charge is 2.37. The van der Waals surface area contributed by atoms with Crippen molar-refractivity contribution in [2.24, 2.45) is 5.92 Å². The quantitative estimate of drug-likeness (QED) is 0.160. The van der Waals surface area contributed by atoms with E-state index in [1.54, 1.807) is 18.5 Å². The van der Waals surface area contributed by atoms with Crippen LogP contribution >= 0.6 is 0 Å².